The first-order valence-electron chi connectivity index (χ1n) is 42.3. The number of anilines is 1. The predicted molar refractivity (Wildman–Crippen MR) is 482 cm³/mol. The van der Waals surface area contributed by atoms with Crippen LogP contribution in [0.1, 0.15) is 57.0 Å². The van der Waals surface area contributed by atoms with E-state index in [1.165, 1.54) is 53.6 Å². The number of benzene rings is 10. The molecule has 0 fully saturated rings. The van der Waals surface area contributed by atoms with Crippen molar-refractivity contribution in [1.82, 2.24) is 65.3 Å². The summed E-state index contributed by atoms with van der Waals surface area (Å²) in [7, 11) is 0. The highest BCUT2D eigenvalue weighted by Crippen LogP contribution is 2.36. The molecule has 129 heavy (non-hydrogen) atoms. The fraction of sp³-hybridized carbons (Fsp3) is 0.200. The van der Waals surface area contributed by atoms with Gasteiger partial charge >= 0.3 is 6.03 Å². The first-order valence-corrected chi connectivity index (χ1v) is 42.6. The largest absolute Gasteiger partial charge is 0.484 e. The number of urea groups is 1. The number of amides is 6. The Hall–Kier alpha value is -15.2. The Balaban J connectivity index is 0.000000118. The number of ether oxygens (including phenoxy) is 4. The van der Waals surface area contributed by atoms with Crippen LogP contribution in [-0.2, 0) is 71.0 Å². The number of nitrogens with one attached hydrogen (secondary N) is 5. The standard InChI is InChI=1S/C20H18ClN3O.4C20H18FN3O2/c21-17-8-4-5-9-18(17)23-20(25)24-11-10-15-12-22-19(16(15)13-24)14-6-2-1-3-7-14;21-15-6-4-5-14(11-15)20-17-12-24(10-9-18(17)22-23-20)19(25)13-26-16-7-2-1-3-8-16;21-17-9-5-4-8-15(17)20-16-12-24(11-10-18(16)22-23-20)19(25)13-26-14-6-2-1-3-7-14;21-15-7-4-8-16(11-15)26-13-19(25)24-10-9-18-17(12-24)20(23-22-18)14-5-2-1-3-6-14;21-15-8-6-14(7-9-15)20-17-12-24(11-10-18(17)22-23-20)19(25)13-26-16-4-2-1-3-5-16/h1-9H,10-13H2,(H,23,25);1-8,11H,9-10,12-13H2,(H,22,23);1-9H,10-13H2,(H,22,23);1-8,11H,9-10,12-13H2,(H,22,23);1-9H,10-13H2,(H,22,23). The molecule has 0 saturated heterocycles. The third-order valence-corrected chi connectivity index (χ3v) is 23.0. The van der Waals surface area contributed by atoms with Gasteiger partial charge in [-0.2, -0.15) is 20.4 Å². The molecular formula is C100H90ClF4N15O9. The third kappa shape index (κ3) is 22.0. The summed E-state index contributed by atoms with van der Waals surface area (Å²) in [6.07, 6.45) is 3.65. The molecule has 10 heterocycles. The number of hydrogen-bond donors (Lipinski definition) is 5. The maximum absolute atomic E-state index is 14.1. The molecule has 0 spiro atoms. The molecule has 6 aliphatic heterocycles. The maximum atomic E-state index is 14.1. The van der Waals surface area contributed by atoms with E-state index in [4.69, 9.17) is 35.5 Å². The van der Waals surface area contributed by atoms with Crippen LogP contribution in [0.25, 0.3) is 45.0 Å². The van der Waals surface area contributed by atoms with Crippen LogP contribution in [0.4, 0.5) is 28.0 Å². The van der Waals surface area contributed by atoms with E-state index in [1.54, 1.807) is 80.3 Å². The summed E-state index contributed by atoms with van der Waals surface area (Å²) in [5, 5.41) is 33.0. The second-order valence-corrected chi connectivity index (χ2v) is 31.4. The van der Waals surface area contributed by atoms with E-state index >= 15 is 0 Å². The van der Waals surface area contributed by atoms with Gasteiger partial charge in [-0.25, -0.2) is 22.4 Å². The zero-order valence-electron chi connectivity index (χ0n) is 70.2. The SMILES string of the molecule is O=C(COc1cccc(F)c1)N1CCc2[nH]nc(-c3ccccc3)c2C1.O=C(COc1ccccc1)N1CCc2[nH]nc(-c3ccc(F)cc3)c2C1.O=C(COc1ccccc1)N1CCc2[nH]nc(-c3cccc(F)c3)c2C1.O=C(COc1ccccc1)N1CCc2[nH]nc(-c3ccccc3F)c2C1.O=C(Nc1ccccc1Cl)N1CCC2=C(C1)C(c1ccccc1)=NC2. The number of aromatic amines is 4. The highest BCUT2D eigenvalue weighted by atomic mass is 35.5. The molecule has 10 aromatic carbocycles. The molecule has 654 valence electrons. The topological polar surface area (TPSA) is 278 Å². The van der Waals surface area contributed by atoms with Gasteiger partial charge in [-0.05, 0) is 127 Å². The van der Waals surface area contributed by atoms with E-state index in [9.17, 15) is 41.5 Å². The van der Waals surface area contributed by atoms with E-state index in [-0.39, 0.29) is 79.4 Å². The Morgan fingerprint density at radius 3 is 1.19 bits per heavy atom. The summed E-state index contributed by atoms with van der Waals surface area (Å²) < 4.78 is 76.1. The zero-order chi connectivity index (χ0) is 89.0. The average Bonchev–Trinajstić information content (AvgIpc) is 1.68. The number of aromatic nitrogens is 8. The van der Waals surface area contributed by atoms with Crippen molar-refractivity contribution in [1.29, 1.82) is 0 Å². The Labute approximate surface area is 746 Å². The van der Waals surface area contributed by atoms with Crippen molar-refractivity contribution in [3.05, 3.63) is 363 Å². The van der Waals surface area contributed by atoms with E-state index in [0.717, 1.165) is 98.2 Å². The van der Waals surface area contributed by atoms with E-state index in [0.29, 0.717) is 141 Å². The molecule has 20 rings (SSSR count). The molecule has 14 aromatic rings. The van der Waals surface area contributed by atoms with Crippen LogP contribution < -0.4 is 24.3 Å². The Bertz CT molecular complexity index is 6320. The Morgan fingerprint density at radius 2 is 0.721 bits per heavy atom. The lowest BCUT2D eigenvalue weighted by Crippen LogP contribution is -2.40. The van der Waals surface area contributed by atoms with Crippen molar-refractivity contribution in [2.45, 2.75) is 58.3 Å². The maximum Gasteiger partial charge on any atom is 0.322 e. The number of fused-ring (bicyclic) bond motifs is 4. The van der Waals surface area contributed by atoms with E-state index in [1.807, 2.05) is 163 Å². The minimum absolute atomic E-state index is 0.00306. The molecule has 0 bridgehead atoms. The summed E-state index contributed by atoms with van der Waals surface area (Å²) in [5.41, 5.74) is 19.1. The zero-order valence-corrected chi connectivity index (χ0v) is 70.9. The fourth-order valence-electron chi connectivity index (χ4n) is 15.8. The second-order valence-electron chi connectivity index (χ2n) is 31.0. The highest BCUT2D eigenvalue weighted by molar-refractivity contribution is 6.33. The third-order valence-electron chi connectivity index (χ3n) is 22.6. The monoisotopic (exact) mass is 1760 g/mol. The predicted octanol–water partition coefficient (Wildman–Crippen LogP) is 17.1. The number of rotatable bonds is 18. The summed E-state index contributed by atoms with van der Waals surface area (Å²) in [6.45, 7) is 6.10. The molecule has 4 aromatic heterocycles. The van der Waals surface area contributed by atoms with Crippen molar-refractivity contribution in [3.8, 4) is 68.0 Å². The van der Waals surface area contributed by atoms with Gasteiger partial charge in [0.15, 0.2) is 26.4 Å². The lowest BCUT2D eigenvalue weighted by Gasteiger charge is -2.29. The van der Waals surface area contributed by atoms with Gasteiger partial charge in [0.25, 0.3) is 23.6 Å². The molecule has 5 N–H and O–H groups in total. The van der Waals surface area contributed by atoms with Crippen molar-refractivity contribution < 1.29 is 60.5 Å². The average molecular weight is 1760 g/mol. The lowest BCUT2D eigenvalue weighted by molar-refractivity contribution is -0.135. The van der Waals surface area contributed by atoms with Gasteiger partial charge in [0.05, 0.1) is 40.0 Å². The highest BCUT2D eigenvalue weighted by Gasteiger charge is 2.33. The second kappa shape index (κ2) is 41.7. The van der Waals surface area contributed by atoms with Gasteiger partial charge < -0.3 is 48.8 Å². The van der Waals surface area contributed by atoms with Crippen molar-refractivity contribution >= 4 is 52.7 Å². The van der Waals surface area contributed by atoms with Gasteiger partial charge in [-0.15, -0.1) is 0 Å². The van der Waals surface area contributed by atoms with Crippen LogP contribution >= 0.6 is 11.6 Å². The molecule has 29 heteroatoms. The van der Waals surface area contributed by atoms with Crippen molar-refractivity contribution in [2.24, 2.45) is 4.99 Å². The molecule has 0 radical (unpaired) electrons. The number of carbonyl (C=O) groups is 5. The van der Waals surface area contributed by atoms with Gasteiger partial charge in [0.1, 0.15) is 52.0 Å². The first kappa shape index (κ1) is 87.3. The van der Waals surface area contributed by atoms with Crippen LogP contribution in [-0.4, -0.2) is 173 Å². The molecule has 24 nitrogen and oxygen atoms in total. The van der Waals surface area contributed by atoms with Gasteiger partial charge in [0, 0.05) is 170 Å². The van der Waals surface area contributed by atoms with Crippen LogP contribution in [0.3, 0.4) is 0 Å². The summed E-state index contributed by atoms with van der Waals surface area (Å²) >= 11 is 6.14. The molecule has 0 saturated carbocycles. The van der Waals surface area contributed by atoms with Gasteiger partial charge in [-0.1, -0.05) is 169 Å². The van der Waals surface area contributed by atoms with E-state index in [2.05, 4.69) is 58.2 Å². The summed E-state index contributed by atoms with van der Waals surface area (Å²) in [5.74, 6) is 0.694. The van der Waals surface area contributed by atoms with Crippen molar-refractivity contribution in [3.63, 3.8) is 0 Å². The minimum atomic E-state index is -0.386. The molecule has 0 unspecified atom stereocenters. The number of para-hydroxylation sites is 4. The number of nitrogens with zero attached hydrogens (tertiary/aromatic N) is 10. The summed E-state index contributed by atoms with van der Waals surface area (Å²) in [4.78, 5) is 76.2. The van der Waals surface area contributed by atoms with E-state index < -0.39 is 0 Å². The quantitative estimate of drug-likeness (QED) is 0.0501. The van der Waals surface area contributed by atoms with Crippen LogP contribution in [0, 0.1) is 23.3 Å². The minimum Gasteiger partial charge on any atom is -0.484 e. The lowest BCUT2D eigenvalue weighted by atomic mass is 9.95. The number of hydrogen-bond acceptors (Lipinski definition) is 14. The van der Waals surface area contributed by atoms with Gasteiger partial charge in [0.2, 0.25) is 0 Å². The Kier molecular flexibility index (Phi) is 28.2. The number of aliphatic imine (C=N–C) groups is 1. The van der Waals surface area contributed by atoms with Crippen LogP contribution in [0.2, 0.25) is 5.02 Å². The van der Waals surface area contributed by atoms with Crippen molar-refractivity contribution in [2.75, 3.05) is 77.6 Å². The van der Waals surface area contributed by atoms with Crippen LogP contribution in [0.15, 0.2) is 289 Å². The number of halogens is 5. The molecule has 6 aliphatic rings. The smallest absolute Gasteiger partial charge is 0.322 e. The number of H-pyrrole nitrogens is 4. The number of carbonyl (C=O) groups excluding carboxylic acids is 5. The normalized spacial score (nSPS) is 14.0. The van der Waals surface area contributed by atoms with Crippen LogP contribution in [0.5, 0.6) is 23.0 Å². The molecule has 0 aliphatic carbocycles. The fourth-order valence-corrected chi connectivity index (χ4v) is 16.0. The first-order chi connectivity index (χ1) is 63.1. The van der Waals surface area contributed by atoms with Gasteiger partial charge in [-0.3, -0.25) is 44.6 Å². The Morgan fingerprint density at radius 1 is 0.349 bits per heavy atom. The molecule has 0 atom stereocenters. The molecular weight excluding hydrogens is 1670 g/mol. The summed E-state index contributed by atoms with van der Waals surface area (Å²) in [6, 6.07) is 79.9. The molecule has 6 amide bonds.